The average molecular weight is 258 g/mol. The molecule has 102 valence electrons. The third-order valence-corrected chi connectivity index (χ3v) is 4.42. The number of fused-ring (bicyclic) bond motifs is 1. The van der Waals surface area contributed by atoms with E-state index in [9.17, 15) is 0 Å². The number of nitrogens with one attached hydrogen (secondary N) is 1. The van der Waals surface area contributed by atoms with Gasteiger partial charge in [-0.3, -0.25) is 0 Å². The van der Waals surface area contributed by atoms with Gasteiger partial charge in [0.15, 0.2) is 5.65 Å². The Labute approximate surface area is 113 Å². The molecule has 19 heavy (non-hydrogen) atoms. The van der Waals surface area contributed by atoms with E-state index in [2.05, 4.69) is 21.0 Å². The molecule has 2 heterocycles. The van der Waals surface area contributed by atoms with E-state index in [1.165, 1.54) is 32.1 Å². The summed E-state index contributed by atoms with van der Waals surface area (Å²) in [5, 5.41) is 0. The molecule has 0 bridgehead atoms. The highest BCUT2D eigenvalue weighted by Crippen LogP contribution is 2.37. The van der Waals surface area contributed by atoms with Crippen molar-refractivity contribution in [1.29, 1.82) is 0 Å². The van der Waals surface area contributed by atoms with Gasteiger partial charge in [-0.2, -0.15) is 0 Å². The number of nitrogens with zero attached hydrogens (tertiary/aromatic N) is 2. The van der Waals surface area contributed by atoms with Crippen LogP contribution < -0.4 is 5.73 Å². The van der Waals surface area contributed by atoms with E-state index in [0.29, 0.717) is 0 Å². The summed E-state index contributed by atoms with van der Waals surface area (Å²) in [6.07, 6.45) is 7.37. The Hall–Kier alpha value is -1.42. The summed E-state index contributed by atoms with van der Waals surface area (Å²) >= 11 is 0. The number of imidazole rings is 1. The summed E-state index contributed by atoms with van der Waals surface area (Å²) < 4.78 is 0. The number of pyridine rings is 1. The zero-order chi connectivity index (χ0) is 13.3. The first-order valence-electron chi connectivity index (χ1n) is 7.23. The van der Waals surface area contributed by atoms with Crippen LogP contribution in [0.1, 0.15) is 43.6 Å². The summed E-state index contributed by atoms with van der Waals surface area (Å²) in [7, 11) is 0. The van der Waals surface area contributed by atoms with Crippen molar-refractivity contribution in [3.8, 4) is 0 Å². The molecule has 3 rings (SSSR count). The molecule has 0 unspecified atom stereocenters. The molecule has 0 amide bonds. The first kappa shape index (κ1) is 12.6. The first-order valence-corrected chi connectivity index (χ1v) is 7.23. The van der Waals surface area contributed by atoms with Gasteiger partial charge in [-0.15, -0.1) is 0 Å². The van der Waals surface area contributed by atoms with Crippen LogP contribution in [0, 0.1) is 12.3 Å². The third-order valence-electron chi connectivity index (χ3n) is 4.42. The second-order valence-corrected chi connectivity index (χ2v) is 5.95. The Balaban J connectivity index is 1.87. The lowest BCUT2D eigenvalue weighted by Crippen LogP contribution is -2.35. The molecular formula is C15H22N4. The molecule has 0 radical (unpaired) electrons. The largest absolute Gasteiger partial charge is 0.341 e. The smallest absolute Gasteiger partial charge is 0.177 e. The van der Waals surface area contributed by atoms with Crippen LogP contribution in [0.4, 0.5) is 0 Å². The van der Waals surface area contributed by atoms with Gasteiger partial charge in [0.1, 0.15) is 5.82 Å². The van der Waals surface area contributed by atoms with Crippen molar-refractivity contribution in [2.75, 3.05) is 6.54 Å². The van der Waals surface area contributed by atoms with Gasteiger partial charge >= 0.3 is 0 Å². The number of rotatable bonds is 3. The van der Waals surface area contributed by atoms with E-state index in [4.69, 9.17) is 5.73 Å². The van der Waals surface area contributed by atoms with Crippen LogP contribution in [0.3, 0.4) is 0 Å². The van der Waals surface area contributed by atoms with Gasteiger partial charge in [0.2, 0.25) is 0 Å². The predicted octanol–water partition coefficient (Wildman–Crippen LogP) is 2.72. The molecule has 0 saturated heterocycles. The number of aryl methyl sites for hydroxylation is 1. The molecule has 2 aromatic rings. The summed E-state index contributed by atoms with van der Waals surface area (Å²) in [6, 6.07) is 4.08. The second kappa shape index (κ2) is 4.93. The van der Waals surface area contributed by atoms with Gasteiger partial charge in [-0.25, -0.2) is 9.97 Å². The van der Waals surface area contributed by atoms with Gasteiger partial charge in [0, 0.05) is 12.1 Å². The van der Waals surface area contributed by atoms with Crippen LogP contribution in [-0.4, -0.2) is 21.5 Å². The molecule has 1 saturated carbocycles. The summed E-state index contributed by atoms with van der Waals surface area (Å²) in [6.45, 7) is 2.76. The number of aromatic nitrogens is 3. The van der Waals surface area contributed by atoms with Crippen molar-refractivity contribution in [2.45, 2.75) is 45.4 Å². The standard InChI is InChI=1S/C15H22N4/c1-11-5-6-12-14(17-11)19-13(18-12)9-15(10-16)7-3-2-4-8-15/h5-6H,2-4,7-10,16H2,1H3,(H,17,18,19). The predicted molar refractivity (Wildman–Crippen MR) is 76.9 cm³/mol. The maximum absolute atomic E-state index is 6.05. The first-order chi connectivity index (χ1) is 9.21. The third kappa shape index (κ3) is 2.50. The quantitative estimate of drug-likeness (QED) is 0.889. The number of H-pyrrole nitrogens is 1. The van der Waals surface area contributed by atoms with Crippen molar-refractivity contribution in [3.63, 3.8) is 0 Å². The average Bonchev–Trinajstić information content (AvgIpc) is 2.81. The molecule has 1 aliphatic carbocycles. The van der Waals surface area contributed by atoms with Gasteiger partial charge in [0.05, 0.1) is 5.52 Å². The van der Waals surface area contributed by atoms with Gasteiger partial charge in [-0.05, 0) is 43.9 Å². The summed E-state index contributed by atoms with van der Waals surface area (Å²) in [5.74, 6) is 1.04. The van der Waals surface area contributed by atoms with E-state index >= 15 is 0 Å². The normalized spacial score (nSPS) is 18.8. The maximum Gasteiger partial charge on any atom is 0.177 e. The fourth-order valence-corrected chi connectivity index (χ4v) is 3.23. The van der Waals surface area contributed by atoms with Crippen molar-refractivity contribution in [1.82, 2.24) is 15.0 Å². The Kier molecular flexibility index (Phi) is 3.27. The number of hydrogen-bond acceptors (Lipinski definition) is 3. The van der Waals surface area contributed by atoms with Crippen molar-refractivity contribution in [2.24, 2.45) is 11.1 Å². The maximum atomic E-state index is 6.05. The lowest BCUT2D eigenvalue weighted by Gasteiger charge is -2.35. The fraction of sp³-hybridized carbons (Fsp3) is 0.600. The highest BCUT2D eigenvalue weighted by atomic mass is 15.0. The zero-order valence-corrected chi connectivity index (χ0v) is 11.6. The highest BCUT2D eigenvalue weighted by molar-refractivity contribution is 5.70. The van der Waals surface area contributed by atoms with Crippen molar-refractivity contribution in [3.05, 3.63) is 23.7 Å². The van der Waals surface area contributed by atoms with E-state index < -0.39 is 0 Å². The van der Waals surface area contributed by atoms with Gasteiger partial charge < -0.3 is 10.7 Å². The number of hydrogen-bond donors (Lipinski definition) is 2. The lowest BCUT2D eigenvalue weighted by molar-refractivity contribution is 0.194. The minimum absolute atomic E-state index is 0.251. The molecule has 2 aromatic heterocycles. The van der Waals surface area contributed by atoms with Crippen LogP contribution in [0.5, 0.6) is 0 Å². The SMILES string of the molecule is Cc1ccc2[nH]c(CC3(CN)CCCCC3)nc2n1. The van der Waals surface area contributed by atoms with Gasteiger partial charge in [0.25, 0.3) is 0 Å². The molecule has 0 aliphatic heterocycles. The fourth-order valence-electron chi connectivity index (χ4n) is 3.23. The Morgan fingerprint density at radius 2 is 2.00 bits per heavy atom. The van der Waals surface area contributed by atoms with Gasteiger partial charge in [-0.1, -0.05) is 19.3 Å². The van der Waals surface area contributed by atoms with Crippen molar-refractivity contribution >= 4 is 11.2 Å². The monoisotopic (exact) mass is 258 g/mol. The van der Waals surface area contributed by atoms with Crippen LogP contribution in [0.2, 0.25) is 0 Å². The van der Waals surface area contributed by atoms with E-state index in [-0.39, 0.29) is 5.41 Å². The van der Waals surface area contributed by atoms with E-state index in [0.717, 1.165) is 35.6 Å². The second-order valence-electron chi connectivity index (χ2n) is 5.95. The van der Waals surface area contributed by atoms with Crippen LogP contribution >= 0.6 is 0 Å². The number of nitrogens with two attached hydrogens (primary N) is 1. The molecule has 1 aliphatic rings. The topological polar surface area (TPSA) is 67.6 Å². The zero-order valence-electron chi connectivity index (χ0n) is 11.6. The Morgan fingerprint density at radius 3 is 2.74 bits per heavy atom. The van der Waals surface area contributed by atoms with Crippen LogP contribution in [0.25, 0.3) is 11.2 Å². The molecule has 4 heteroatoms. The molecule has 1 fully saturated rings. The molecule has 0 atom stereocenters. The van der Waals surface area contributed by atoms with Crippen molar-refractivity contribution < 1.29 is 0 Å². The van der Waals surface area contributed by atoms with Crippen LogP contribution in [0.15, 0.2) is 12.1 Å². The minimum atomic E-state index is 0.251. The molecule has 4 nitrogen and oxygen atoms in total. The minimum Gasteiger partial charge on any atom is -0.341 e. The summed E-state index contributed by atoms with van der Waals surface area (Å²) in [4.78, 5) is 12.5. The lowest BCUT2D eigenvalue weighted by atomic mass is 9.72. The summed E-state index contributed by atoms with van der Waals surface area (Å²) in [5.41, 5.74) is 9.17. The highest BCUT2D eigenvalue weighted by Gasteiger charge is 2.31. The number of aromatic amines is 1. The van der Waals surface area contributed by atoms with Crippen LogP contribution in [-0.2, 0) is 6.42 Å². The Bertz CT molecular complexity index is 567. The molecule has 0 aromatic carbocycles. The molecule has 0 spiro atoms. The Morgan fingerprint density at radius 1 is 1.21 bits per heavy atom. The molecule has 3 N–H and O–H groups in total. The van der Waals surface area contributed by atoms with E-state index in [1.807, 2.05) is 13.0 Å². The molecular weight excluding hydrogens is 236 g/mol. The van der Waals surface area contributed by atoms with E-state index in [1.54, 1.807) is 0 Å².